The zero-order chi connectivity index (χ0) is 19.0. The van der Waals surface area contributed by atoms with Gasteiger partial charge in [0.25, 0.3) is 0 Å². The minimum atomic E-state index is -1.82. The molecule has 0 aliphatic carbocycles. The van der Waals surface area contributed by atoms with Crippen LogP contribution < -0.4 is 0 Å². The molecule has 1 fully saturated rings. The molecule has 0 unspecified atom stereocenters. The first-order valence-corrected chi connectivity index (χ1v) is 8.15. The lowest BCUT2D eigenvalue weighted by Crippen LogP contribution is -2.43. The highest BCUT2D eigenvalue weighted by Crippen LogP contribution is 2.15. The monoisotopic (exact) mass is 350 g/mol. The fraction of sp³-hybridized carbons (Fsp3) is 0.500. The summed E-state index contributed by atoms with van der Waals surface area (Å²) in [6.45, 7) is 4.83. The first kappa shape index (κ1) is 20.8. The second-order valence-electron chi connectivity index (χ2n) is 6.35. The second kappa shape index (κ2) is 9.90. The first-order chi connectivity index (χ1) is 11.7. The molecule has 0 radical (unpaired) electrons. The molecular formula is C18H26N2O5. The molecule has 0 aromatic heterocycles. The zero-order valence-electron chi connectivity index (χ0n) is 14.9. The Hall–Kier alpha value is -2.25. The first-order valence-electron chi connectivity index (χ1n) is 8.15. The lowest BCUT2D eigenvalue weighted by molar-refractivity contribution is -0.159. The van der Waals surface area contributed by atoms with Gasteiger partial charge >= 0.3 is 11.9 Å². The minimum absolute atomic E-state index is 0.224. The van der Waals surface area contributed by atoms with Crippen molar-refractivity contribution >= 4 is 17.7 Å². The Labute approximate surface area is 147 Å². The van der Waals surface area contributed by atoms with Gasteiger partial charge in [0.1, 0.15) is 0 Å². The molecule has 0 bridgehead atoms. The molecular weight excluding hydrogens is 324 g/mol. The second-order valence-corrected chi connectivity index (χ2v) is 6.35. The molecule has 138 valence electrons. The fourth-order valence-electron chi connectivity index (χ4n) is 2.62. The smallest absolute Gasteiger partial charge is 0.414 e. The molecule has 1 saturated heterocycles. The predicted molar refractivity (Wildman–Crippen MR) is 93.9 cm³/mol. The van der Waals surface area contributed by atoms with E-state index >= 15 is 0 Å². The van der Waals surface area contributed by atoms with Crippen LogP contribution in [0.3, 0.4) is 0 Å². The number of benzene rings is 1. The van der Waals surface area contributed by atoms with Gasteiger partial charge in [-0.15, -0.1) is 0 Å². The number of ketones is 1. The fourth-order valence-corrected chi connectivity index (χ4v) is 2.62. The van der Waals surface area contributed by atoms with Crippen LogP contribution >= 0.6 is 0 Å². The van der Waals surface area contributed by atoms with Crippen molar-refractivity contribution in [3.8, 4) is 0 Å². The van der Waals surface area contributed by atoms with Gasteiger partial charge in [-0.1, -0.05) is 29.8 Å². The van der Waals surface area contributed by atoms with Gasteiger partial charge in [-0.2, -0.15) is 0 Å². The van der Waals surface area contributed by atoms with E-state index < -0.39 is 11.9 Å². The molecule has 0 atom stereocenters. The molecule has 7 nitrogen and oxygen atoms in total. The standard InChI is InChI=1S/C16H24N2O.C2H2O4/c1-13-4-6-14(7-5-13)16(19)12-18(3)15-8-10-17(2)11-9-15;3-1(4)2(5)6/h4-7,15H,8-12H2,1-3H3;(H,3,4)(H,5,6). The maximum atomic E-state index is 12.2. The Morgan fingerprint density at radius 3 is 2.00 bits per heavy atom. The third-order valence-corrected chi connectivity index (χ3v) is 4.26. The van der Waals surface area contributed by atoms with Crippen LogP contribution in [0.1, 0.15) is 28.8 Å². The van der Waals surface area contributed by atoms with Crippen molar-refractivity contribution in [3.63, 3.8) is 0 Å². The summed E-state index contributed by atoms with van der Waals surface area (Å²) in [7, 11) is 4.23. The molecule has 1 aliphatic rings. The van der Waals surface area contributed by atoms with Crippen LogP contribution in [0, 0.1) is 6.92 Å². The number of piperidine rings is 1. The SMILES string of the molecule is Cc1ccc(C(=O)CN(C)C2CCN(C)CC2)cc1.O=C(O)C(=O)O. The summed E-state index contributed by atoms with van der Waals surface area (Å²) in [6.07, 6.45) is 2.32. The Balaban J connectivity index is 0.000000450. The molecule has 0 amide bonds. The summed E-state index contributed by atoms with van der Waals surface area (Å²) >= 11 is 0. The highest BCUT2D eigenvalue weighted by atomic mass is 16.4. The number of rotatable bonds is 4. The number of carboxylic acids is 2. The maximum absolute atomic E-state index is 12.2. The van der Waals surface area contributed by atoms with E-state index in [0.29, 0.717) is 12.6 Å². The average molecular weight is 350 g/mol. The highest BCUT2D eigenvalue weighted by molar-refractivity contribution is 6.27. The Kier molecular flexibility index (Phi) is 8.24. The van der Waals surface area contributed by atoms with E-state index in [1.165, 1.54) is 5.56 Å². The summed E-state index contributed by atoms with van der Waals surface area (Å²) in [5.74, 6) is -3.42. The number of hydrogen-bond acceptors (Lipinski definition) is 5. The topological polar surface area (TPSA) is 98.2 Å². The number of nitrogens with zero attached hydrogens (tertiary/aromatic N) is 2. The number of aliphatic carboxylic acids is 2. The van der Waals surface area contributed by atoms with Crippen LogP contribution in [0.15, 0.2) is 24.3 Å². The quantitative estimate of drug-likeness (QED) is 0.625. The largest absolute Gasteiger partial charge is 0.473 e. The van der Waals surface area contributed by atoms with Gasteiger partial charge in [0, 0.05) is 11.6 Å². The number of Topliss-reactive ketones (excluding diaryl/α,β-unsaturated/α-hetero) is 1. The van der Waals surface area contributed by atoms with Gasteiger partial charge in [0.05, 0.1) is 6.54 Å². The zero-order valence-corrected chi connectivity index (χ0v) is 14.9. The van der Waals surface area contributed by atoms with E-state index in [0.717, 1.165) is 31.5 Å². The number of likely N-dealkylation sites (tertiary alicyclic amines) is 1. The van der Waals surface area contributed by atoms with Crippen molar-refractivity contribution in [1.29, 1.82) is 0 Å². The van der Waals surface area contributed by atoms with Gasteiger partial charge < -0.3 is 15.1 Å². The van der Waals surface area contributed by atoms with Crippen LogP contribution in [-0.2, 0) is 9.59 Å². The van der Waals surface area contributed by atoms with Crippen LogP contribution in [0.2, 0.25) is 0 Å². The number of likely N-dealkylation sites (N-methyl/N-ethyl adjacent to an activating group) is 1. The molecule has 0 saturated carbocycles. The minimum Gasteiger partial charge on any atom is -0.473 e. The molecule has 1 aromatic rings. The Morgan fingerprint density at radius 1 is 1.08 bits per heavy atom. The van der Waals surface area contributed by atoms with E-state index in [4.69, 9.17) is 19.8 Å². The molecule has 2 rings (SSSR count). The lowest BCUT2D eigenvalue weighted by Gasteiger charge is -2.34. The number of carboxylic acid groups (broad SMARTS) is 2. The van der Waals surface area contributed by atoms with Gasteiger partial charge in [-0.05, 0) is 47.0 Å². The Morgan fingerprint density at radius 2 is 1.56 bits per heavy atom. The highest BCUT2D eigenvalue weighted by Gasteiger charge is 2.22. The lowest BCUT2D eigenvalue weighted by atomic mass is 10.0. The summed E-state index contributed by atoms with van der Waals surface area (Å²) in [4.78, 5) is 35.0. The van der Waals surface area contributed by atoms with Gasteiger partial charge in [0.2, 0.25) is 0 Å². The summed E-state index contributed by atoms with van der Waals surface area (Å²) in [5.41, 5.74) is 2.02. The van der Waals surface area contributed by atoms with E-state index in [1.807, 2.05) is 31.2 Å². The third-order valence-electron chi connectivity index (χ3n) is 4.26. The number of hydrogen-bond donors (Lipinski definition) is 2. The van der Waals surface area contributed by atoms with Gasteiger partial charge in [-0.25, -0.2) is 9.59 Å². The van der Waals surface area contributed by atoms with E-state index in [-0.39, 0.29) is 5.78 Å². The van der Waals surface area contributed by atoms with Crippen molar-refractivity contribution in [2.45, 2.75) is 25.8 Å². The van der Waals surface area contributed by atoms with Crippen LogP contribution in [0.25, 0.3) is 0 Å². The molecule has 0 spiro atoms. The van der Waals surface area contributed by atoms with Crippen LogP contribution in [-0.4, -0.2) is 77.5 Å². The number of carbonyl (C=O) groups excluding carboxylic acids is 1. The molecule has 1 aliphatic heterocycles. The average Bonchev–Trinajstić information content (AvgIpc) is 2.56. The number of aryl methyl sites for hydroxylation is 1. The molecule has 25 heavy (non-hydrogen) atoms. The molecule has 2 N–H and O–H groups in total. The van der Waals surface area contributed by atoms with E-state index in [1.54, 1.807) is 0 Å². The molecule has 1 heterocycles. The summed E-state index contributed by atoms with van der Waals surface area (Å²) < 4.78 is 0. The molecule has 7 heteroatoms. The van der Waals surface area contributed by atoms with Crippen molar-refractivity contribution in [3.05, 3.63) is 35.4 Å². The normalized spacial score (nSPS) is 15.4. The Bertz CT molecular complexity index is 580. The van der Waals surface area contributed by atoms with Gasteiger partial charge in [-0.3, -0.25) is 9.69 Å². The molecule has 1 aromatic carbocycles. The summed E-state index contributed by atoms with van der Waals surface area (Å²) in [5, 5.41) is 14.8. The van der Waals surface area contributed by atoms with Crippen molar-refractivity contribution < 1.29 is 24.6 Å². The van der Waals surface area contributed by atoms with E-state index in [2.05, 4.69) is 23.9 Å². The van der Waals surface area contributed by atoms with E-state index in [9.17, 15) is 4.79 Å². The summed E-state index contributed by atoms with van der Waals surface area (Å²) in [6, 6.07) is 8.41. The van der Waals surface area contributed by atoms with Crippen molar-refractivity contribution in [1.82, 2.24) is 9.80 Å². The number of carbonyl (C=O) groups is 3. The van der Waals surface area contributed by atoms with Crippen LogP contribution in [0.5, 0.6) is 0 Å². The maximum Gasteiger partial charge on any atom is 0.414 e. The third kappa shape index (κ3) is 7.45. The van der Waals surface area contributed by atoms with Crippen molar-refractivity contribution in [2.24, 2.45) is 0 Å². The van der Waals surface area contributed by atoms with Gasteiger partial charge in [0.15, 0.2) is 5.78 Å². The predicted octanol–water partition coefficient (Wildman–Crippen LogP) is 1.36. The van der Waals surface area contributed by atoms with Crippen LogP contribution in [0.4, 0.5) is 0 Å². The van der Waals surface area contributed by atoms with Crippen molar-refractivity contribution in [2.75, 3.05) is 33.7 Å².